The van der Waals surface area contributed by atoms with Gasteiger partial charge in [0.25, 0.3) is 0 Å². The molecule has 0 aromatic carbocycles. The molecule has 0 saturated carbocycles. The van der Waals surface area contributed by atoms with Crippen molar-refractivity contribution >= 4 is 28.9 Å². The van der Waals surface area contributed by atoms with Crippen LogP contribution in [0.2, 0.25) is 0 Å². The predicted octanol–water partition coefficient (Wildman–Crippen LogP) is -0.430. The molecule has 14 heavy (non-hydrogen) atoms. The van der Waals surface area contributed by atoms with Crippen molar-refractivity contribution in [1.82, 2.24) is 10.3 Å². The summed E-state index contributed by atoms with van der Waals surface area (Å²) in [4.78, 5) is 13.3. The van der Waals surface area contributed by atoms with Gasteiger partial charge in [0, 0.05) is 6.54 Å². The highest BCUT2D eigenvalue weighted by Gasteiger charge is 2.39. The fourth-order valence-electron chi connectivity index (χ4n) is 2.03. The van der Waals surface area contributed by atoms with E-state index < -0.39 is 0 Å². The molecule has 2 rings (SSSR count). The van der Waals surface area contributed by atoms with Crippen LogP contribution in [0.5, 0.6) is 0 Å². The zero-order chi connectivity index (χ0) is 10.1. The zero-order valence-corrected chi connectivity index (χ0v) is 8.51. The van der Waals surface area contributed by atoms with E-state index in [1.165, 1.54) is 0 Å². The van der Waals surface area contributed by atoms with Crippen molar-refractivity contribution in [3.63, 3.8) is 0 Å². The first-order chi connectivity index (χ1) is 6.68. The molecular weight excluding hydrogens is 200 g/mol. The topological polar surface area (TPSA) is 70.7 Å². The first-order valence-electron chi connectivity index (χ1n) is 4.60. The van der Waals surface area contributed by atoms with Gasteiger partial charge in [0.15, 0.2) is 5.11 Å². The molecule has 2 fully saturated rings. The first kappa shape index (κ1) is 9.39. The minimum atomic E-state index is 0.140. The molecule has 0 spiro atoms. The van der Waals surface area contributed by atoms with Gasteiger partial charge in [-0.2, -0.15) is 5.10 Å². The van der Waals surface area contributed by atoms with Gasteiger partial charge in [-0.15, -0.1) is 0 Å². The van der Waals surface area contributed by atoms with E-state index in [1.807, 2.05) is 4.90 Å². The van der Waals surface area contributed by atoms with Crippen LogP contribution in [0.3, 0.4) is 0 Å². The fraction of sp³-hybridized carbons (Fsp3) is 0.625. The second-order valence-electron chi connectivity index (χ2n) is 3.50. The number of rotatable bonds is 1. The molecule has 76 valence electrons. The Kier molecular flexibility index (Phi) is 2.37. The Bertz CT molecular complexity index is 314. The van der Waals surface area contributed by atoms with Gasteiger partial charge in [-0.3, -0.25) is 10.2 Å². The molecule has 1 atom stereocenters. The van der Waals surface area contributed by atoms with E-state index >= 15 is 0 Å². The minimum Gasteiger partial charge on any atom is -0.375 e. The summed E-state index contributed by atoms with van der Waals surface area (Å²) >= 11 is 4.64. The Balaban J connectivity index is 2.10. The van der Waals surface area contributed by atoms with Crippen molar-refractivity contribution in [2.45, 2.75) is 25.3 Å². The lowest BCUT2D eigenvalue weighted by Gasteiger charge is -2.13. The fourth-order valence-corrected chi connectivity index (χ4v) is 2.07. The second kappa shape index (κ2) is 3.53. The lowest BCUT2D eigenvalue weighted by atomic mass is 10.1. The Morgan fingerprint density at radius 2 is 2.50 bits per heavy atom. The average Bonchev–Trinajstić information content (AvgIpc) is 2.67. The summed E-state index contributed by atoms with van der Waals surface area (Å²) in [6, 6.07) is 0.185. The molecule has 3 N–H and O–H groups in total. The Morgan fingerprint density at radius 1 is 1.71 bits per heavy atom. The van der Waals surface area contributed by atoms with E-state index in [0.29, 0.717) is 6.42 Å². The summed E-state index contributed by atoms with van der Waals surface area (Å²) in [5, 5.41) is 4.19. The highest BCUT2D eigenvalue weighted by Crippen LogP contribution is 2.26. The number of amides is 1. The van der Waals surface area contributed by atoms with Crippen LogP contribution in [0, 0.1) is 0 Å². The normalized spacial score (nSPS) is 28.3. The number of hydrazone groups is 1. The van der Waals surface area contributed by atoms with E-state index in [-0.39, 0.29) is 17.1 Å². The number of nitrogens with one attached hydrogen (secondary N) is 1. The molecule has 0 radical (unpaired) electrons. The Labute approximate surface area is 87.3 Å². The second-order valence-corrected chi connectivity index (χ2v) is 3.94. The molecular formula is C8H12N4OS. The molecule has 5 nitrogen and oxygen atoms in total. The largest absolute Gasteiger partial charge is 0.375 e. The molecule has 2 aliphatic heterocycles. The smallest absolute Gasteiger partial charge is 0.228 e. The summed E-state index contributed by atoms with van der Waals surface area (Å²) in [7, 11) is 0. The monoisotopic (exact) mass is 212 g/mol. The van der Waals surface area contributed by atoms with E-state index in [4.69, 9.17) is 5.73 Å². The molecule has 2 heterocycles. The summed E-state index contributed by atoms with van der Waals surface area (Å²) in [6.07, 6.45) is 2.46. The van der Waals surface area contributed by atoms with Crippen LogP contribution in [0.25, 0.3) is 0 Å². The number of thiocarbonyl (C=S) groups is 1. The van der Waals surface area contributed by atoms with Crippen molar-refractivity contribution < 1.29 is 4.79 Å². The maximum Gasteiger partial charge on any atom is 0.228 e. The molecule has 0 aliphatic carbocycles. The van der Waals surface area contributed by atoms with Crippen molar-refractivity contribution in [3.05, 3.63) is 0 Å². The number of carbonyl (C=O) groups is 1. The number of hydrogen-bond donors (Lipinski definition) is 2. The summed E-state index contributed by atoms with van der Waals surface area (Å²) < 4.78 is 0. The van der Waals surface area contributed by atoms with Gasteiger partial charge in [-0.25, -0.2) is 0 Å². The van der Waals surface area contributed by atoms with Gasteiger partial charge in [-0.1, -0.05) is 0 Å². The molecule has 2 saturated heterocycles. The van der Waals surface area contributed by atoms with E-state index in [0.717, 1.165) is 25.1 Å². The summed E-state index contributed by atoms with van der Waals surface area (Å²) in [5.74, 6) is 0.163. The number of nitrogens with zero attached hydrogens (tertiary/aromatic N) is 2. The third kappa shape index (κ3) is 1.57. The zero-order valence-electron chi connectivity index (χ0n) is 7.69. The van der Waals surface area contributed by atoms with Crippen LogP contribution in [0.1, 0.15) is 19.3 Å². The first-order valence-corrected chi connectivity index (χ1v) is 5.00. The number of carbonyl (C=O) groups excluding carboxylic acids is 1. The van der Waals surface area contributed by atoms with Crippen LogP contribution in [-0.2, 0) is 4.79 Å². The standard InChI is InChI=1S/C8H12N4OS/c9-8(14)11-10-5-4-7(13)12-3-1-2-6(5)12/h6H,1-4H2,(H3,9,11,14)/b10-5-. The third-order valence-corrected chi connectivity index (χ3v) is 2.69. The maximum atomic E-state index is 11.5. The number of fused-ring (bicyclic) bond motifs is 1. The molecule has 2 aliphatic rings. The highest BCUT2D eigenvalue weighted by molar-refractivity contribution is 7.80. The van der Waals surface area contributed by atoms with Crippen LogP contribution < -0.4 is 11.2 Å². The van der Waals surface area contributed by atoms with Gasteiger partial charge in [0.05, 0.1) is 18.2 Å². The van der Waals surface area contributed by atoms with Crippen LogP contribution >= 0.6 is 12.2 Å². The van der Waals surface area contributed by atoms with E-state index in [2.05, 4.69) is 22.7 Å². The third-order valence-electron chi connectivity index (χ3n) is 2.60. The van der Waals surface area contributed by atoms with Crippen molar-refractivity contribution in [2.75, 3.05) is 6.54 Å². The Morgan fingerprint density at radius 3 is 3.21 bits per heavy atom. The number of hydrogen-bond acceptors (Lipinski definition) is 3. The van der Waals surface area contributed by atoms with Gasteiger partial charge in [-0.05, 0) is 25.1 Å². The summed E-state index contributed by atoms with van der Waals surface area (Å²) in [5.41, 5.74) is 8.66. The molecule has 0 aromatic rings. The highest BCUT2D eigenvalue weighted by atomic mass is 32.1. The van der Waals surface area contributed by atoms with Gasteiger partial charge in [0.1, 0.15) is 0 Å². The number of nitrogens with two attached hydrogens (primary N) is 1. The molecule has 1 unspecified atom stereocenters. The van der Waals surface area contributed by atoms with Crippen molar-refractivity contribution in [3.8, 4) is 0 Å². The van der Waals surface area contributed by atoms with E-state index in [1.54, 1.807) is 0 Å². The van der Waals surface area contributed by atoms with E-state index in [9.17, 15) is 4.79 Å². The lowest BCUT2D eigenvalue weighted by molar-refractivity contribution is -0.127. The molecule has 1 amide bonds. The van der Waals surface area contributed by atoms with Crippen LogP contribution in [0.4, 0.5) is 0 Å². The maximum absolute atomic E-state index is 11.5. The average molecular weight is 212 g/mol. The molecule has 0 aromatic heterocycles. The quantitative estimate of drug-likeness (QED) is 0.457. The van der Waals surface area contributed by atoms with Gasteiger partial charge in [0.2, 0.25) is 5.91 Å². The van der Waals surface area contributed by atoms with Crippen LogP contribution in [0.15, 0.2) is 5.10 Å². The van der Waals surface area contributed by atoms with Crippen molar-refractivity contribution in [1.29, 1.82) is 0 Å². The lowest BCUT2D eigenvalue weighted by Crippen LogP contribution is -2.31. The SMILES string of the molecule is NC(=S)N/N=C1/CC(=O)N2CCCC12. The molecule has 6 heteroatoms. The Hall–Kier alpha value is -1.17. The predicted molar refractivity (Wildman–Crippen MR) is 56.7 cm³/mol. The molecule has 0 bridgehead atoms. The minimum absolute atomic E-state index is 0.140. The van der Waals surface area contributed by atoms with Gasteiger partial charge < -0.3 is 10.6 Å². The van der Waals surface area contributed by atoms with Crippen LogP contribution in [-0.4, -0.2) is 34.2 Å². The van der Waals surface area contributed by atoms with Crippen molar-refractivity contribution in [2.24, 2.45) is 10.8 Å². The summed E-state index contributed by atoms with van der Waals surface area (Å²) in [6.45, 7) is 0.857. The van der Waals surface area contributed by atoms with Gasteiger partial charge >= 0.3 is 0 Å².